The SMILES string of the molecule is COc1cc(C(=S)N2CCC[C@@H]2C(=O)O)cc(C(F)(F)F)c1. The van der Waals surface area contributed by atoms with Crippen LogP contribution in [0, 0.1) is 0 Å². The average Bonchev–Trinajstić information content (AvgIpc) is 2.94. The van der Waals surface area contributed by atoms with Crippen molar-refractivity contribution in [3.05, 3.63) is 29.3 Å². The summed E-state index contributed by atoms with van der Waals surface area (Å²) in [6.45, 7) is 0.411. The molecule has 0 unspecified atom stereocenters. The molecule has 1 aromatic carbocycles. The fourth-order valence-electron chi connectivity index (χ4n) is 2.44. The summed E-state index contributed by atoms with van der Waals surface area (Å²) in [6.07, 6.45) is -3.48. The first-order valence-corrected chi connectivity index (χ1v) is 6.95. The molecular weight excluding hydrogens is 319 g/mol. The van der Waals surface area contributed by atoms with E-state index in [2.05, 4.69) is 0 Å². The van der Waals surface area contributed by atoms with Crippen LogP contribution in [0.4, 0.5) is 13.2 Å². The molecule has 0 radical (unpaired) electrons. The Morgan fingerprint density at radius 1 is 1.41 bits per heavy atom. The van der Waals surface area contributed by atoms with E-state index in [0.717, 1.165) is 12.1 Å². The molecule has 0 bridgehead atoms. The number of aliphatic carboxylic acids is 1. The van der Waals surface area contributed by atoms with E-state index in [1.807, 2.05) is 0 Å². The maximum Gasteiger partial charge on any atom is 0.416 e. The molecule has 1 aromatic rings. The van der Waals surface area contributed by atoms with Crippen molar-refractivity contribution in [2.75, 3.05) is 13.7 Å². The summed E-state index contributed by atoms with van der Waals surface area (Å²) in [4.78, 5) is 12.7. The Morgan fingerprint density at radius 3 is 2.64 bits per heavy atom. The first-order chi connectivity index (χ1) is 10.2. The number of likely N-dealkylation sites (tertiary alicyclic amines) is 1. The Labute approximate surface area is 130 Å². The van der Waals surface area contributed by atoms with E-state index >= 15 is 0 Å². The lowest BCUT2D eigenvalue weighted by Crippen LogP contribution is -2.40. The maximum absolute atomic E-state index is 12.9. The molecule has 4 nitrogen and oxygen atoms in total. The molecule has 2 rings (SSSR count). The standard InChI is InChI=1S/C14H14F3NO3S/c1-21-10-6-8(5-9(7-10)14(15,16)17)12(22)18-4-2-3-11(18)13(19)20/h5-7,11H,2-4H2,1H3,(H,19,20)/t11-/m1/s1. The second-order valence-corrected chi connectivity index (χ2v) is 5.33. The van der Waals surface area contributed by atoms with E-state index in [4.69, 9.17) is 22.1 Å². The lowest BCUT2D eigenvalue weighted by atomic mass is 10.1. The van der Waals surface area contributed by atoms with Crippen molar-refractivity contribution in [3.8, 4) is 5.75 Å². The third-order valence-corrected chi connectivity index (χ3v) is 3.99. The van der Waals surface area contributed by atoms with Crippen LogP contribution in [-0.2, 0) is 11.0 Å². The molecule has 0 aliphatic carbocycles. The second-order valence-electron chi connectivity index (χ2n) is 4.94. The highest BCUT2D eigenvalue weighted by atomic mass is 32.1. The number of thiocarbonyl (C=S) groups is 1. The Balaban J connectivity index is 2.39. The van der Waals surface area contributed by atoms with Crippen LogP contribution in [0.2, 0.25) is 0 Å². The van der Waals surface area contributed by atoms with Gasteiger partial charge in [-0.3, -0.25) is 0 Å². The van der Waals surface area contributed by atoms with Crippen LogP contribution in [0.5, 0.6) is 5.75 Å². The van der Waals surface area contributed by atoms with Gasteiger partial charge in [-0.15, -0.1) is 0 Å². The number of halogens is 3. The number of carbonyl (C=O) groups is 1. The summed E-state index contributed by atoms with van der Waals surface area (Å²) >= 11 is 5.21. The smallest absolute Gasteiger partial charge is 0.416 e. The van der Waals surface area contributed by atoms with Crippen LogP contribution in [0.15, 0.2) is 18.2 Å². The number of nitrogens with zero attached hydrogens (tertiary/aromatic N) is 1. The van der Waals surface area contributed by atoms with Gasteiger partial charge in [0.1, 0.15) is 16.8 Å². The van der Waals surface area contributed by atoms with E-state index in [0.29, 0.717) is 19.4 Å². The Bertz CT molecular complexity index is 603. The van der Waals surface area contributed by atoms with Crippen LogP contribution in [0.25, 0.3) is 0 Å². The number of methoxy groups -OCH3 is 1. The molecule has 1 N–H and O–H groups in total. The minimum Gasteiger partial charge on any atom is -0.497 e. The average molecular weight is 333 g/mol. The van der Waals surface area contributed by atoms with Gasteiger partial charge in [-0.25, -0.2) is 4.79 Å². The van der Waals surface area contributed by atoms with E-state index in [-0.39, 0.29) is 16.3 Å². The third-order valence-electron chi connectivity index (χ3n) is 3.52. The molecule has 1 aliphatic heterocycles. The zero-order valence-corrected chi connectivity index (χ0v) is 12.5. The molecule has 22 heavy (non-hydrogen) atoms. The molecule has 1 atom stereocenters. The van der Waals surface area contributed by atoms with Gasteiger partial charge in [0.25, 0.3) is 0 Å². The topological polar surface area (TPSA) is 49.8 Å². The Kier molecular flexibility index (Phi) is 4.60. The Hall–Kier alpha value is -1.83. The van der Waals surface area contributed by atoms with Gasteiger partial charge in [0.15, 0.2) is 0 Å². The Morgan fingerprint density at radius 2 is 2.09 bits per heavy atom. The number of carboxylic acids is 1. The van der Waals surface area contributed by atoms with Gasteiger partial charge >= 0.3 is 12.1 Å². The van der Waals surface area contributed by atoms with Crippen molar-refractivity contribution in [1.82, 2.24) is 4.90 Å². The minimum atomic E-state index is -4.53. The summed E-state index contributed by atoms with van der Waals surface area (Å²) in [5, 5.41) is 9.16. The van der Waals surface area contributed by atoms with Crippen LogP contribution in [0.3, 0.4) is 0 Å². The van der Waals surface area contributed by atoms with E-state index in [1.54, 1.807) is 0 Å². The van der Waals surface area contributed by atoms with E-state index in [1.165, 1.54) is 18.1 Å². The van der Waals surface area contributed by atoms with Crippen molar-refractivity contribution in [1.29, 1.82) is 0 Å². The molecule has 1 saturated heterocycles. The normalized spacial score (nSPS) is 18.4. The lowest BCUT2D eigenvalue weighted by molar-refractivity contribution is -0.141. The first-order valence-electron chi connectivity index (χ1n) is 6.54. The number of benzene rings is 1. The monoisotopic (exact) mass is 333 g/mol. The quantitative estimate of drug-likeness (QED) is 0.862. The van der Waals surface area contributed by atoms with Crippen molar-refractivity contribution < 1.29 is 27.8 Å². The minimum absolute atomic E-state index is 0.0262. The fraction of sp³-hybridized carbons (Fsp3) is 0.429. The fourth-order valence-corrected chi connectivity index (χ4v) is 2.77. The van der Waals surface area contributed by atoms with Crippen molar-refractivity contribution in [2.24, 2.45) is 0 Å². The summed E-state index contributed by atoms with van der Waals surface area (Å²) < 4.78 is 43.7. The molecule has 0 amide bonds. The highest BCUT2D eigenvalue weighted by Gasteiger charge is 2.35. The number of hydrogen-bond acceptors (Lipinski definition) is 3. The maximum atomic E-state index is 12.9. The van der Waals surface area contributed by atoms with Gasteiger partial charge in [0.2, 0.25) is 0 Å². The summed E-state index contributed by atoms with van der Waals surface area (Å²) in [5.74, 6) is -1.00. The summed E-state index contributed by atoms with van der Waals surface area (Å²) in [7, 11) is 1.26. The van der Waals surface area contributed by atoms with Gasteiger partial charge < -0.3 is 14.7 Å². The van der Waals surface area contributed by atoms with Gasteiger partial charge in [-0.05, 0) is 31.0 Å². The van der Waals surface area contributed by atoms with Crippen molar-refractivity contribution in [3.63, 3.8) is 0 Å². The largest absolute Gasteiger partial charge is 0.497 e. The molecule has 0 aromatic heterocycles. The van der Waals surface area contributed by atoms with Crippen LogP contribution in [-0.4, -0.2) is 40.7 Å². The van der Waals surface area contributed by atoms with Gasteiger partial charge in [-0.1, -0.05) is 12.2 Å². The second kappa shape index (κ2) is 6.12. The molecular formula is C14H14F3NO3S. The molecule has 1 heterocycles. The number of alkyl halides is 3. The predicted molar refractivity (Wildman–Crippen MR) is 77.1 cm³/mol. The lowest BCUT2D eigenvalue weighted by Gasteiger charge is -2.25. The van der Waals surface area contributed by atoms with Crippen LogP contribution < -0.4 is 4.74 Å². The first kappa shape index (κ1) is 16.5. The third kappa shape index (κ3) is 3.32. The number of ether oxygens (including phenoxy) is 1. The van der Waals surface area contributed by atoms with Crippen LogP contribution >= 0.6 is 12.2 Å². The van der Waals surface area contributed by atoms with E-state index in [9.17, 15) is 18.0 Å². The number of rotatable bonds is 3. The van der Waals surface area contributed by atoms with Gasteiger partial charge in [0.05, 0.1) is 12.7 Å². The van der Waals surface area contributed by atoms with Gasteiger partial charge in [-0.2, -0.15) is 13.2 Å². The zero-order chi connectivity index (χ0) is 16.5. The highest BCUT2D eigenvalue weighted by Crippen LogP contribution is 2.33. The van der Waals surface area contributed by atoms with E-state index < -0.39 is 23.8 Å². The molecule has 0 spiro atoms. The van der Waals surface area contributed by atoms with Crippen LogP contribution in [0.1, 0.15) is 24.0 Å². The summed E-state index contributed by atoms with van der Waals surface area (Å²) in [5.41, 5.74) is -0.745. The van der Waals surface area contributed by atoms with Crippen molar-refractivity contribution in [2.45, 2.75) is 25.1 Å². The predicted octanol–water partition coefficient (Wildman–Crippen LogP) is 2.94. The molecule has 120 valence electrons. The highest BCUT2D eigenvalue weighted by molar-refractivity contribution is 7.80. The molecule has 0 saturated carbocycles. The molecule has 1 aliphatic rings. The molecule has 1 fully saturated rings. The zero-order valence-electron chi connectivity index (χ0n) is 11.7. The summed E-state index contributed by atoms with van der Waals surface area (Å²) in [6, 6.07) is 2.38. The molecule has 8 heteroatoms. The number of hydrogen-bond donors (Lipinski definition) is 1. The van der Waals surface area contributed by atoms with Gasteiger partial charge in [0, 0.05) is 12.1 Å². The van der Waals surface area contributed by atoms with Crippen molar-refractivity contribution >= 4 is 23.2 Å². The number of carboxylic acid groups (broad SMARTS) is 1.